The number of benzene rings is 1. The second-order valence-electron chi connectivity index (χ2n) is 7.02. The van der Waals surface area contributed by atoms with Crippen LogP contribution in [0.5, 0.6) is 0 Å². The highest BCUT2D eigenvalue weighted by molar-refractivity contribution is 9.09. The molecule has 1 aliphatic carbocycles. The molecule has 112 valence electrons. The number of hydrogen-bond acceptors (Lipinski definition) is 2. The summed E-state index contributed by atoms with van der Waals surface area (Å²) in [6.07, 6.45) is 3.17. The first-order chi connectivity index (χ1) is 9.19. The third-order valence-corrected chi connectivity index (χ3v) is 7.45. The maximum Gasteiger partial charge on any atom is 0.178 e. The molecule has 0 saturated heterocycles. The van der Waals surface area contributed by atoms with Crippen molar-refractivity contribution in [1.29, 1.82) is 0 Å². The van der Waals surface area contributed by atoms with E-state index in [1.165, 1.54) is 0 Å². The minimum atomic E-state index is -3.18. The molecule has 0 heterocycles. The zero-order valence-electron chi connectivity index (χ0n) is 12.4. The van der Waals surface area contributed by atoms with Gasteiger partial charge in [0, 0.05) is 5.33 Å². The molecule has 0 atom stereocenters. The van der Waals surface area contributed by atoms with Gasteiger partial charge in [-0.05, 0) is 41.4 Å². The fraction of sp³-hybridized carbons (Fsp3) is 0.625. The Bertz CT molecular complexity index is 558. The predicted molar refractivity (Wildman–Crippen MR) is 87.3 cm³/mol. The van der Waals surface area contributed by atoms with E-state index in [2.05, 4.69) is 36.7 Å². The fourth-order valence-corrected chi connectivity index (χ4v) is 5.58. The maximum atomic E-state index is 12.5. The Labute approximate surface area is 131 Å². The van der Waals surface area contributed by atoms with Gasteiger partial charge in [0.2, 0.25) is 0 Å². The molecule has 2 nitrogen and oxygen atoms in total. The summed E-state index contributed by atoms with van der Waals surface area (Å²) in [5, 5.41) is 0.777. The van der Waals surface area contributed by atoms with Gasteiger partial charge in [-0.2, -0.15) is 0 Å². The van der Waals surface area contributed by atoms with Crippen molar-refractivity contribution in [2.24, 2.45) is 5.41 Å². The van der Waals surface area contributed by atoms with Crippen molar-refractivity contribution in [3.63, 3.8) is 0 Å². The van der Waals surface area contributed by atoms with Crippen LogP contribution in [-0.2, 0) is 15.3 Å². The Morgan fingerprint density at radius 2 is 1.70 bits per heavy atom. The molecule has 0 spiro atoms. The van der Waals surface area contributed by atoms with Crippen LogP contribution in [0.1, 0.15) is 45.6 Å². The van der Waals surface area contributed by atoms with Crippen molar-refractivity contribution in [3.05, 3.63) is 29.8 Å². The fourth-order valence-electron chi connectivity index (χ4n) is 2.64. The Hall–Kier alpha value is -0.350. The topological polar surface area (TPSA) is 34.1 Å². The Balaban J connectivity index is 2.22. The van der Waals surface area contributed by atoms with Gasteiger partial charge in [0.1, 0.15) is 0 Å². The van der Waals surface area contributed by atoms with Gasteiger partial charge in [-0.25, -0.2) is 8.42 Å². The van der Waals surface area contributed by atoms with E-state index in [9.17, 15) is 8.42 Å². The third kappa shape index (κ3) is 3.28. The SMILES string of the molecule is CC(C)(C)c1ccc(S(=O)(=O)CC2(CBr)CCC2)cc1. The van der Waals surface area contributed by atoms with Crippen molar-refractivity contribution in [2.45, 2.75) is 50.3 Å². The van der Waals surface area contributed by atoms with Crippen LogP contribution in [0.15, 0.2) is 29.2 Å². The van der Waals surface area contributed by atoms with Crippen LogP contribution in [0, 0.1) is 5.41 Å². The molecule has 1 saturated carbocycles. The van der Waals surface area contributed by atoms with Crippen molar-refractivity contribution < 1.29 is 8.42 Å². The zero-order valence-corrected chi connectivity index (χ0v) is 14.9. The number of halogens is 1. The van der Waals surface area contributed by atoms with Crippen molar-refractivity contribution in [2.75, 3.05) is 11.1 Å². The summed E-state index contributed by atoms with van der Waals surface area (Å²) in [4.78, 5) is 0.456. The molecule has 0 amide bonds. The highest BCUT2D eigenvalue weighted by Gasteiger charge is 2.40. The lowest BCUT2D eigenvalue weighted by Gasteiger charge is -2.40. The van der Waals surface area contributed by atoms with Crippen LogP contribution in [0.3, 0.4) is 0 Å². The highest BCUT2D eigenvalue weighted by Crippen LogP contribution is 2.44. The summed E-state index contributed by atoms with van der Waals surface area (Å²) in [7, 11) is -3.18. The summed E-state index contributed by atoms with van der Waals surface area (Å²) in [6.45, 7) is 6.39. The largest absolute Gasteiger partial charge is 0.224 e. The van der Waals surface area contributed by atoms with Crippen LogP contribution in [0.25, 0.3) is 0 Å². The van der Waals surface area contributed by atoms with E-state index in [0.29, 0.717) is 4.90 Å². The van der Waals surface area contributed by atoms with Crippen LogP contribution in [0.4, 0.5) is 0 Å². The Morgan fingerprint density at radius 1 is 1.15 bits per heavy atom. The van der Waals surface area contributed by atoms with E-state index in [1.54, 1.807) is 12.1 Å². The van der Waals surface area contributed by atoms with Gasteiger partial charge in [0.05, 0.1) is 10.6 Å². The van der Waals surface area contributed by atoms with Gasteiger partial charge in [-0.3, -0.25) is 0 Å². The van der Waals surface area contributed by atoms with Crippen LogP contribution in [-0.4, -0.2) is 19.5 Å². The minimum Gasteiger partial charge on any atom is -0.224 e. The highest BCUT2D eigenvalue weighted by atomic mass is 79.9. The van der Waals surface area contributed by atoms with Gasteiger partial charge >= 0.3 is 0 Å². The van der Waals surface area contributed by atoms with Crippen LogP contribution >= 0.6 is 15.9 Å². The molecule has 1 aromatic carbocycles. The van der Waals surface area contributed by atoms with Gasteiger partial charge in [-0.1, -0.05) is 55.3 Å². The first-order valence-corrected chi connectivity index (χ1v) is 9.85. The molecule has 4 heteroatoms. The average molecular weight is 359 g/mol. The molecule has 1 aromatic rings. The van der Waals surface area contributed by atoms with E-state index < -0.39 is 9.84 Å². The molecule has 0 N–H and O–H groups in total. The van der Waals surface area contributed by atoms with Crippen molar-refractivity contribution in [3.8, 4) is 0 Å². The van der Waals surface area contributed by atoms with Crippen LogP contribution in [0.2, 0.25) is 0 Å². The molecule has 0 radical (unpaired) electrons. The standard InChI is InChI=1S/C16H23BrO2S/c1-15(2,3)13-5-7-14(8-6-13)20(18,19)12-16(11-17)9-4-10-16/h5-8H,4,9-12H2,1-3H3. The number of rotatable bonds is 4. The first kappa shape index (κ1) is 16.0. The lowest BCUT2D eigenvalue weighted by atomic mass is 9.72. The normalized spacial score (nSPS) is 18.6. The van der Waals surface area contributed by atoms with E-state index >= 15 is 0 Å². The van der Waals surface area contributed by atoms with Crippen LogP contribution < -0.4 is 0 Å². The second-order valence-corrected chi connectivity index (χ2v) is 9.57. The van der Waals surface area contributed by atoms with Gasteiger partial charge in [-0.15, -0.1) is 0 Å². The average Bonchev–Trinajstić information content (AvgIpc) is 2.33. The summed E-state index contributed by atoms with van der Waals surface area (Å²) in [5.74, 6) is 0.264. The summed E-state index contributed by atoms with van der Waals surface area (Å²) in [5.41, 5.74) is 1.17. The summed E-state index contributed by atoms with van der Waals surface area (Å²) in [6, 6.07) is 7.40. The molecule has 2 rings (SSSR count). The van der Waals surface area contributed by atoms with Gasteiger partial charge < -0.3 is 0 Å². The summed E-state index contributed by atoms with van der Waals surface area (Å²) < 4.78 is 25.1. The molecule has 0 bridgehead atoms. The van der Waals surface area contributed by atoms with E-state index in [-0.39, 0.29) is 16.6 Å². The number of hydrogen-bond donors (Lipinski definition) is 0. The Morgan fingerprint density at radius 3 is 2.05 bits per heavy atom. The van der Waals surface area contributed by atoms with Crippen molar-refractivity contribution in [1.82, 2.24) is 0 Å². The molecule has 20 heavy (non-hydrogen) atoms. The molecule has 0 unspecified atom stereocenters. The minimum absolute atomic E-state index is 0.0401. The third-order valence-electron chi connectivity index (χ3n) is 4.27. The lowest BCUT2D eigenvalue weighted by molar-refractivity contribution is 0.203. The monoisotopic (exact) mass is 358 g/mol. The molecular weight excluding hydrogens is 336 g/mol. The first-order valence-electron chi connectivity index (χ1n) is 7.08. The number of sulfone groups is 1. The molecule has 1 aliphatic rings. The quantitative estimate of drug-likeness (QED) is 0.750. The second kappa shape index (κ2) is 5.45. The predicted octanol–water partition coefficient (Wildman–Crippen LogP) is 4.32. The maximum absolute atomic E-state index is 12.5. The van der Waals surface area contributed by atoms with E-state index in [0.717, 1.165) is 30.2 Å². The smallest absolute Gasteiger partial charge is 0.178 e. The molecular formula is C16H23BrO2S. The van der Waals surface area contributed by atoms with Gasteiger partial charge in [0.25, 0.3) is 0 Å². The molecule has 1 fully saturated rings. The van der Waals surface area contributed by atoms with Gasteiger partial charge in [0.15, 0.2) is 9.84 Å². The molecule has 0 aliphatic heterocycles. The Kier molecular flexibility index (Phi) is 4.37. The zero-order chi connectivity index (χ0) is 15.0. The summed E-state index contributed by atoms with van der Waals surface area (Å²) >= 11 is 3.48. The number of alkyl halides is 1. The van der Waals surface area contributed by atoms with Crippen molar-refractivity contribution >= 4 is 25.8 Å². The van der Waals surface area contributed by atoms with E-state index in [1.807, 2.05) is 12.1 Å². The van der Waals surface area contributed by atoms with E-state index in [4.69, 9.17) is 0 Å². The molecule has 0 aromatic heterocycles. The lowest BCUT2D eigenvalue weighted by Crippen LogP contribution is -2.38.